The Bertz CT molecular complexity index is 373. The van der Waals surface area contributed by atoms with E-state index in [4.69, 9.17) is 15.0 Å². The van der Waals surface area contributed by atoms with Crippen molar-refractivity contribution in [3.63, 3.8) is 0 Å². The average molecular weight is 281 g/mol. The van der Waals surface area contributed by atoms with Crippen molar-refractivity contribution in [1.29, 1.82) is 0 Å². The first-order chi connectivity index (χ1) is 9.79. The van der Waals surface area contributed by atoms with E-state index in [-0.39, 0.29) is 6.04 Å². The Hall–Kier alpha value is -0.940. The monoisotopic (exact) mass is 281 g/mol. The van der Waals surface area contributed by atoms with E-state index in [1.54, 1.807) is 0 Å². The fourth-order valence-electron chi connectivity index (χ4n) is 2.75. The second-order valence-electron chi connectivity index (χ2n) is 5.79. The Morgan fingerprint density at radius 2 is 2.05 bits per heavy atom. The third kappa shape index (κ3) is 4.87. The second kappa shape index (κ2) is 8.37. The van der Waals surface area contributed by atoms with E-state index >= 15 is 0 Å². The van der Waals surface area contributed by atoms with Gasteiger partial charge in [-0.25, -0.2) is 0 Å². The minimum absolute atomic E-state index is 0.284. The molecule has 20 heavy (non-hydrogen) atoms. The predicted molar refractivity (Wildman–Crippen MR) is 77.2 cm³/mol. The molecule has 1 saturated carbocycles. The van der Waals surface area contributed by atoms with E-state index in [0.29, 0.717) is 18.3 Å². The molecule has 0 saturated heterocycles. The van der Waals surface area contributed by atoms with Crippen LogP contribution in [0.5, 0.6) is 0 Å². The van der Waals surface area contributed by atoms with E-state index in [2.05, 4.69) is 17.1 Å². The normalized spacial score (nSPS) is 18.9. The van der Waals surface area contributed by atoms with Crippen LogP contribution in [0.15, 0.2) is 4.52 Å². The summed E-state index contributed by atoms with van der Waals surface area (Å²) in [5.41, 5.74) is 6.00. The van der Waals surface area contributed by atoms with E-state index in [0.717, 1.165) is 25.3 Å². The molecule has 1 aromatic rings. The predicted octanol–water partition coefficient (Wildman–Crippen LogP) is 3.01. The Labute approximate surface area is 121 Å². The van der Waals surface area contributed by atoms with Gasteiger partial charge in [0.15, 0.2) is 5.82 Å². The van der Waals surface area contributed by atoms with Gasteiger partial charge < -0.3 is 15.0 Å². The summed E-state index contributed by atoms with van der Waals surface area (Å²) in [4.78, 5) is 4.43. The van der Waals surface area contributed by atoms with Gasteiger partial charge in [-0.05, 0) is 25.2 Å². The summed E-state index contributed by atoms with van der Waals surface area (Å²) in [5.74, 6) is 2.00. The molecule has 114 valence electrons. The molecule has 1 atom stereocenters. The minimum Gasteiger partial charge on any atom is -0.379 e. The number of nitrogens with zero attached hydrogens (tertiary/aromatic N) is 2. The maximum Gasteiger partial charge on any atom is 0.226 e. The van der Waals surface area contributed by atoms with Crippen LogP contribution < -0.4 is 5.73 Å². The zero-order valence-electron chi connectivity index (χ0n) is 12.5. The van der Waals surface area contributed by atoms with Crippen molar-refractivity contribution in [1.82, 2.24) is 10.1 Å². The van der Waals surface area contributed by atoms with Gasteiger partial charge in [-0.2, -0.15) is 4.98 Å². The standard InChI is InChI=1S/C15H27N3O2/c1-2-9-19-11-13(16)15-17-14(20-18-15)10-12-7-5-3-4-6-8-12/h12-13H,2-11,16H2,1H3. The van der Waals surface area contributed by atoms with Crippen LogP contribution in [0.4, 0.5) is 0 Å². The van der Waals surface area contributed by atoms with Gasteiger partial charge >= 0.3 is 0 Å². The van der Waals surface area contributed by atoms with Crippen LogP contribution in [-0.2, 0) is 11.2 Å². The van der Waals surface area contributed by atoms with Crippen molar-refractivity contribution in [2.45, 2.75) is 64.3 Å². The summed E-state index contributed by atoms with van der Waals surface area (Å²) >= 11 is 0. The Kier molecular flexibility index (Phi) is 6.47. The highest BCUT2D eigenvalue weighted by molar-refractivity contribution is 4.94. The first kappa shape index (κ1) is 15.4. The molecule has 2 N–H and O–H groups in total. The third-order valence-electron chi connectivity index (χ3n) is 3.90. The minimum atomic E-state index is -0.284. The van der Waals surface area contributed by atoms with Crippen molar-refractivity contribution in [3.05, 3.63) is 11.7 Å². The number of hydrogen-bond acceptors (Lipinski definition) is 5. The maximum absolute atomic E-state index is 6.00. The van der Waals surface area contributed by atoms with Gasteiger partial charge in [0.25, 0.3) is 0 Å². The lowest BCUT2D eigenvalue weighted by molar-refractivity contribution is 0.119. The third-order valence-corrected chi connectivity index (χ3v) is 3.90. The lowest BCUT2D eigenvalue weighted by Crippen LogP contribution is -2.19. The van der Waals surface area contributed by atoms with Gasteiger partial charge in [-0.15, -0.1) is 0 Å². The first-order valence-electron chi connectivity index (χ1n) is 7.95. The Morgan fingerprint density at radius 3 is 2.75 bits per heavy atom. The van der Waals surface area contributed by atoms with Gasteiger partial charge in [0, 0.05) is 13.0 Å². The zero-order valence-corrected chi connectivity index (χ0v) is 12.5. The number of rotatable bonds is 7. The van der Waals surface area contributed by atoms with Crippen molar-refractivity contribution >= 4 is 0 Å². The highest BCUT2D eigenvalue weighted by Gasteiger charge is 2.19. The topological polar surface area (TPSA) is 74.2 Å². The van der Waals surface area contributed by atoms with Crippen LogP contribution in [0.2, 0.25) is 0 Å². The molecule has 1 aromatic heterocycles. The van der Waals surface area contributed by atoms with Crippen molar-refractivity contribution in [3.8, 4) is 0 Å². The Balaban J connectivity index is 1.81. The fraction of sp³-hybridized carbons (Fsp3) is 0.867. The highest BCUT2D eigenvalue weighted by Crippen LogP contribution is 2.25. The molecule has 5 nitrogen and oxygen atoms in total. The van der Waals surface area contributed by atoms with Crippen molar-refractivity contribution in [2.24, 2.45) is 11.7 Å². The van der Waals surface area contributed by atoms with Crippen LogP contribution in [0.25, 0.3) is 0 Å². The van der Waals surface area contributed by atoms with Crippen LogP contribution >= 0.6 is 0 Å². The number of hydrogen-bond donors (Lipinski definition) is 1. The van der Waals surface area contributed by atoms with Crippen molar-refractivity contribution < 1.29 is 9.26 Å². The van der Waals surface area contributed by atoms with Gasteiger partial charge in [0.2, 0.25) is 5.89 Å². The largest absolute Gasteiger partial charge is 0.379 e. The number of ether oxygens (including phenoxy) is 1. The van der Waals surface area contributed by atoms with Crippen LogP contribution in [0.3, 0.4) is 0 Å². The SMILES string of the molecule is CCCOCC(N)c1noc(CC2CCCCCC2)n1. The quantitative estimate of drug-likeness (QED) is 0.614. The molecule has 1 fully saturated rings. The average Bonchev–Trinajstić information content (AvgIpc) is 2.76. The van der Waals surface area contributed by atoms with E-state index in [9.17, 15) is 0 Å². The maximum atomic E-state index is 6.00. The molecule has 1 aliphatic carbocycles. The lowest BCUT2D eigenvalue weighted by atomic mass is 9.97. The summed E-state index contributed by atoms with van der Waals surface area (Å²) in [6.07, 6.45) is 9.84. The van der Waals surface area contributed by atoms with Gasteiger partial charge in [-0.1, -0.05) is 37.8 Å². The molecular formula is C15H27N3O2. The Morgan fingerprint density at radius 1 is 1.30 bits per heavy atom. The molecule has 0 aliphatic heterocycles. The summed E-state index contributed by atoms with van der Waals surface area (Å²) in [6, 6.07) is -0.284. The number of nitrogens with two attached hydrogens (primary N) is 1. The van der Waals surface area contributed by atoms with Crippen LogP contribution in [-0.4, -0.2) is 23.4 Å². The molecule has 2 rings (SSSR count). The first-order valence-corrected chi connectivity index (χ1v) is 7.95. The summed E-state index contributed by atoms with van der Waals surface area (Å²) < 4.78 is 10.8. The van der Waals surface area contributed by atoms with Gasteiger partial charge in [0.1, 0.15) is 0 Å². The molecular weight excluding hydrogens is 254 g/mol. The van der Waals surface area contributed by atoms with E-state index in [1.165, 1.54) is 38.5 Å². The molecule has 0 amide bonds. The molecule has 1 unspecified atom stereocenters. The lowest BCUT2D eigenvalue weighted by Gasteiger charge is -2.10. The molecule has 0 spiro atoms. The van der Waals surface area contributed by atoms with E-state index in [1.807, 2.05) is 0 Å². The molecule has 5 heteroatoms. The zero-order chi connectivity index (χ0) is 14.2. The summed E-state index contributed by atoms with van der Waals surface area (Å²) in [7, 11) is 0. The molecule has 0 aromatic carbocycles. The molecule has 0 radical (unpaired) electrons. The second-order valence-corrected chi connectivity index (χ2v) is 5.79. The number of aromatic nitrogens is 2. The van der Waals surface area contributed by atoms with E-state index < -0.39 is 0 Å². The van der Waals surface area contributed by atoms with Gasteiger partial charge in [-0.3, -0.25) is 0 Å². The van der Waals surface area contributed by atoms with Crippen LogP contribution in [0, 0.1) is 5.92 Å². The fourth-order valence-corrected chi connectivity index (χ4v) is 2.75. The highest BCUT2D eigenvalue weighted by atomic mass is 16.5. The summed E-state index contributed by atoms with van der Waals surface area (Å²) in [5, 5.41) is 3.99. The van der Waals surface area contributed by atoms with Crippen molar-refractivity contribution in [2.75, 3.05) is 13.2 Å². The molecule has 0 bridgehead atoms. The molecule has 1 aliphatic rings. The van der Waals surface area contributed by atoms with Crippen LogP contribution in [0.1, 0.15) is 69.6 Å². The summed E-state index contributed by atoms with van der Waals surface area (Å²) in [6.45, 7) is 3.25. The van der Waals surface area contributed by atoms with Gasteiger partial charge in [0.05, 0.1) is 12.6 Å². The molecule has 1 heterocycles. The smallest absolute Gasteiger partial charge is 0.226 e.